The molecule has 0 bridgehead atoms. The first-order valence-corrected chi connectivity index (χ1v) is 6.05. The van der Waals surface area contributed by atoms with Crippen LogP contribution < -0.4 is 10.5 Å². The molecule has 0 unspecified atom stereocenters. The number of aryl methyl sites for hydroxylation is 1. The zero-order valence-electron chi connectivity index (χ0n) is 10.5. The van der Waals surface area contributed by atoms with Crippen LogP contribution in [0.5, 0.6) is 11.5 Å². The van der Waals surface area contributed by atoms with Gasteiger partial charge in [-0.05, 0) is 36.8 Å². The summed E-state index contributed by atoms with van der Waals surface area (Å²) < 4.78 is 43.4. The van der Waals surface area contributed by atoms with E-state index in [0.717, 1.165) is 17.7 Å². The molecule has 6 heteroatoms. The van der Waals surface area contributed by atoms with Crippen LogP contribution in [0.15, 0.2) is 36.4 Å². The van der Waals surface area contributed by atoms with Crippen molar-refractivity contribution in [1.29, 1.82) is 0 Å². The maximum absolute atomic E-state index is 12.7. The van der Waals surface area contributed by atoms with Crippen molar-refractivity contribution in [3.8, 4) is 11.5 Å². The van der Waals surface area contributed by atoms with Gasteiger partial charge in [0.15, 0.2) is 0 Å². The van der Waals surface area contributed by atoms with Crippen LogP contribution >= 0.6 is 11.6 Å². The number of benzene rings is 2. The summed E-state index contributed by atoms with van der Waals surface area (Å²) in [6.07, 6.45) is -4.48. The molecular formula is C14H11ClF3NO. The fraction of sp³-hybridized carbons (Fsp3) is 0.143. The van der Waals surface area contributed by atoms with Crippen molar-refractivity contribution < 1.29 is 17.9 Å². The molecule has 0 saturated heterocycles. The topological polar surface area (TPSA) is 35.2 Å². The Morgan fingerprint density at radius 3 is 2.40 bits per heavy atom. The maximum atomic E-state index is 12.7. The van der Waals surface area contributed by atoms with Gasteiger partial charge in [-0.3, -0.25) is 0 Å². The third-order valence-electron chi connectivity index (χ3n) is 2.57. The predicted octanol–water partition coefficient (Wildman–Crippen LogP) is 5.04. The zero-order chi connectivity index (χ0) is 14.9. The van der Waals surface area contributed by atoms with Crippen LogP contribution in [0.3, 0.4) is 0 Å². The summed E-state index contributed by atoms with van der Waals surface area (Å²) in [5.41, 5.74) is 5.49. The van der Waals surface area contributed by atoms with Crippen molar-refractivity contribution in [2.45, 2.75) is 13.1 Å². The molecule has 0 aliphatic heterocycles. The van der Waals surface area contributed by atoms with Gasteiger partial charge in [0.25, 0.3) is 0 Å². The maximum Gasteiger partial charge on any atom is 0.416 e. The average molecular weight is 302 g/mol. The van der Waals surface area contributed by atoms with E-state index in [-0.39, 0.29) is 17.2 Å². The largest absolute Gasteiger partial charge is 0.456 e. The molecule has 2 nitrogen and oxygen atoms in total. The van der Waals surface area contributed by atoms with Gasteiger partial charge in [-0.15, -0.1) is 0 Å². The van der Waals surface area contributed by atoms with E-state index >= 15 is 0 Å². The highest BCUT2D eigenvalue weighted by Gasteiger charge is 2.31. The Morgan fingerprint density at radius 1 is 1.10 bits per heavy atom. The van der Waals surface area contributed by atoms with Gasteiger partial charge in [-0.2, -0.15) is 13.2 Å². The number of rotatable bonds is 2. The minimum Gasteiger partial charge on any atom is -0.456 e. The normalized spacial score (nSPS) is 11.4. The molecule has 0 atom stereocenters. The van der Waals surface area contributed by atoms with Crippen molar-refractivity contribution in [1.82, 2.24) is 0 Å². The third-order valence-corrected chi connectivity index (χ3v) is 2.87. The lowest BCUT2D eigenvalue weighted by Crippen LogP contribution is -2.06. The Kier molecular flexibility index (Phi) is 3.81. The van der Waals surface area contributed by atoms with E-state index in [1.165, 1.54) is 6.07 Å². The monoisotopic (exact) mass is 301 g/mol. The SMILES string of the molecule is Cc1ccc(Oc2cc(N)cc(C(F)(F)F)c2)c(Cl)c1. The molecule has 2 aromatic rings. The fourth-order valence-corrected chi connectivity index (χ4v) is 1.93. The number of ether oxygens (including phenoxy) is 1. The zero-order valence-corrected chi connectivity index (χ0v) is 11.2. The molecule has 0 heterocycles. The van der Waals surface area contributed by atoms with Crippen LogP contribution in [-0.4, -0.2) is 0 Å². The van der Waals surface area contributed by atoms with Crippen LogP contribution in [0.1, 0.15) is 11.1 Å². The van der Waals surface area contributed by atoms with E-state index in [0.29, 0.717) is 5.02 Å². The standard InChI is InChI=1S/C14H11ClF3NO/c1-8-2-3-13(12(15)4-8)20-11-6-9(14(16,17)18)5-10(19)7-11/h2-7H,19H2,1H3. The molecule has 0 amide bonds. The number of alkyl halides is 3. The Hall–Kier alpha value is -1.88. The minimum absolute atomic E-state index is 0.0110. The molecule has 0 aliphatic carbocycles. The lowest BCUT2D eigenvalue weighted by atomic mass is 10.2. The molecule has 106 valence electrons. The van der Waals surface area contributed by atoms with Gasteiger partial charge < -0.3 is 10.5 Å². The average Bonchev–Trinajstić information content (AvgIpc) is 2.31. The van der Waals surface area contributed by atoms with Crippen molar-refractivity contribution in [2.75, 3.05) is 5.73 Å². The molecule has 2 aromatic carbocycles. The first kappa shape index (κ1) is 14.5. The number of hydrogen-bond donors (Lipinski definition) is 1. The molecule has 20 heavy (non-hydrogen) atoms. The van der Waals surface area contributed by atoms with Crippen molar-refractivity contribution >= 4 is 17.3 Å². The number of nitrogen functional groups attached to an aromatic ring is 1. The van der Waals surface area contributed by atoms with E-state index in [4.69, 9.17) is 22.1 Å². The van der Waals surface area contributed by atoms with Crippen molar-refractivity contribution in [2.24, 2.45) is 0 Å². The van der Waals surface area contributed by atoms with Crippen molar-refractivity contribution in [3.63, 3.8) is 0 Å². The molecule has 0 spiro atoms. The van der Waals surface area contributed by atoms with E-state index < -0.39 is 11.7 Å². The second-order valence-electron chi connectivity index (χ2n) is 4.32. The molecular weight excluding hydrogens is 291 g/mol. The van der Waals surface area contributed by atoms with E-state index in [1.807, 2.05) is 6.92 Å². The summed E-state index contributed by atoms with van der Waals surface area (Å²) in [6, 6.07) is 8.04. The van der Waals surface area contributed by atoms with Gasteiger partial charge in [0.2, 0.25) is 0 Å². The summed E-state index contributed by atoms with van der Waals surface area (Å²) >= 11 is 5.97. The minimum atomic E-state index is -4.48. The highest BCUT2D eigenvalue weighted by Crippen LogP contribution is 2.36. The third kappa shape index (κ3) is 3.36. The van der Waals surface area contributed by atoms with Gasteiger partial charge in [-0.25, -0.2) is 0 Å². The van der Waals surface area contributed by atoms with Crippen LogP contribution in [0.25, 0.3) is 0 Å². The van der Waals surface area contributed by atoms with Crippen LogP contribution in [-0.2, 0) is 6.18 Å². The lowest BCUT2D eigenvalue weighted by Gasteiger charge is -2.12. The predicted molar refractivity (Wildman–Crippen MR) is 72.1 cm³/mol. The van der Waals surface area contributed by atoms with Crippen molar-refractivity contribution in [3.05, 3.63) is 52.5 Å². The number of hydrogen-bond acceptors (Lipinski definition) is 2. The smallest absolute Gasteiger partial charge is 0.416 e. The number of anilines is 1. The molecule has 2 rings (SSSR count). The quantitative estimate of drug-likeness (QED) is 0.789. The van der Waals surface area contributed by atoms with Crippen LogP contribution in [0, 0.1) is 6.92 Å². The second-order valence-corrected chi connectivity index (χ2v) is 4.73. The summed E-state index contributed by atoms with van der Waals surface area (Å²) in [5.74, 6) is 0.263. The lowest BCUT2D eigenvalue weighted by molar-refractivity contribution is -0.137. The van der Waals surface area contributed by atoms with E-state index in [9.17, 15) is 13.2 Å². The summed E-state index contributed by atoms with van der Waals surface area (Å²) in [6.45, 7) is 1.85. The first-order valence-electron chi connectivity index (χ1n) is 5.67. The molecule has 0 saturated carbocycles. The highest BCUT2D eigenvalue weighted by molar-refractivity contribution is 6.32. The summed E-state index contributed by atoms with van der Waals surface area (Å²) in [4.78, 5) is 0. The first-order chi connectivity index (χ1) is 9.25. The highest BCUT2D eigenvalue weighted by atomic mass is 35.5. The Bertz CT molecular complexity index is 641. The Labute approximate surface area is 118 Å². The van der Waals surface area contributed by atoms with Gasteiger partial charge in [0.1, 0.15) is 11.5 Å². The second kappa shape index (κ2) is 5.25. The number of halogens is 4. The Morgan fingerprint density at radius 2 is 1.80 bits per heavy atom. The molecule has 0 aromatic heterocycles. The molecule has 0 fully saturated rings. The van der Waals surface area contributed by atoms with Gasteiger partial charge in [0, 0.05) is 11.8 Å². The summed E-state index contributed by atoms with van der Waals surface area (Å²) in [7, 11) is 0. The summed E-state index contributed by atoms with van der Waals surface area (Å²) in [5, 5.41) is 0.320. The van der Waals surface area contributed by atoms with Crippen LogP contribution in [0.2, 0.25) is 5.02 Å². The fourth-order valence-electron chi connectivity index (χ4n) is 1.66. The number of nitrogens with two attached hydrogens (primary N) is 1. The van der Waals surface area contributed by atoms with E-state index in [2.05, 4.69) is 0 Å². The molecule has 0 radical (unpaired) electrons. The van der Waals surface area contributed by atoms with Gasteiger partial charge in [0.05, 0.1) is 10.6 Å². The molecule has 2 N–H and O–H groups in total. The molecule has 0 aliphatic rings. The Balaban J connectivity index is 2.36. The van der Waals surface area contributed by atoms with Crippen LogP contribution in [0.4, 0.5) is 18.9 Å². The van der Waals surface area contributed by atoms with Gasteiger partial charge in [-0.1, -0.05) is 17.7 Å². The van der Waals surface area contributed by atoms with E-state index in [1.54, 1.807) is 18.2 Å². The van der Waals surface area contributed by atoms with Gasteiger partial charge >= 0.3 is 6.18 Å².